The van der Waals surface area contributed by atoms with Crippen LogP contribution in [0.25, 0.3) is 11.0 Å². The number of carbonyl (C=O) groups excluding carboxylic acids is 1. The third-order valence-electron chi connectivity index (χ3n) is 2.86. The Morgan fingerprint density at radius 1 is 1.37 bits per heavy atom. The first-order valence-electron chi connectivity index (χ1n) is 6.04. The maximum absolute atomic E-state index is 12.0. The fourth-order valence-corrected chi connectivity index (χ4v) is 1.89. The highest BCUT2D eigenvalue weighted by atomic mass is 16.4. The standard InChI is InChI=1S/C14H15NO4/c1-9(6-13(16)17)7-15-14(18)11-8-19-12-5-3-2-4-10(11)12/h2-5,8-9H,6-7H2,1H3,(H,15,18)(H,16,17). The first-order valence-corrected chi connectivity index (χ1v) is 6.04. The Labute approximate surface area is 110 Å². The number of benzene rings is 1. The summed E-state index contributed by atoms with van der Waals surface area (Å²) in [4.78, 5) is 22.5. The summed E-state index contributed by atoms with van der Waals surface area (Å²) < 4.78 is 5.29. The van der Waals surface area contributed by atoms with Gasteiger partial charge in [0.25, 0.3) is 5.91 Å². The van der Waals surface area contributed by atoms with Gasteiger partial charge in [0.05, 0.1) is 5.56 Å². The molecule has 100 valence electrons. The Kier molecular flexibility index (Phi) is 3.85. The van der Waals surface area contributed by atoms with Crippen LogP contribution in [0.5, 0.6) is 0 Å². The van der Waals surface area contributed by atoms with Crippen LogP contribution in [0.15, 0.2) is 34.9 Å². The van der Waals surface area contributed by atoms with Gasteiger partial charge in [-0.3, -0.25) is 9.59 Å². The first kappa shape index (κ1) is 13.1. The quantitative estimate of drug-likeness (QED) is 0.865. The number of carbonyl (C=O) groups is 2. The molecule has 5 nitrogen and oxygen atoms in total. The van der Waals surface area contributed by atoms with Crippen molar-refractivity contribution in [1.82, 2.24) is 5.32 Å². The van der Waals surface area contributed by atoms with Gasteiger partial charge in [0, 0.05) is 18.4 Å². The monoisotopic (exact) mass is 261 g/mol. The minimum Gasteiger partial charge on any atom is -0.481 e. The van der Waals surface area contributed by atoms with Gasteiger partial charge in [-0.15, -0.1) is 0 Å². The van der Waals surface area contributed by atoms with E-state index >= 15 is 0 Å². The first-order chi connectivity index (χ1) is 9.08. The van der Waals surface area contributed by atoms with E-state index in [1.165, 1.54) is 6.26 Å². The smallest absolute Gasteiger partial charge is 0.303 e. The normalized spacial score (nSPS) is 12.3. The third-order valence-corrected chi connectivity index (χ3v) is 2.86. The second kappa shape index (κ2) is 5.56. The molecule has 0 aliphatic carbocycles. The lowest BCUT2D eigenvalue weighted by Crippen LogP contribution is -2.29. The number of aliphatic carboxylic acids is 1. The molecule has 1 aromatic heterocycles. The Balaban J connectivity index is 2.02. The zero-order chi connectivity index (χ0) is 13.8. The van der Waals surface area contributed by atoms with Crippen LogP contribution in [-0.4, -0.2) is 23.5 Å². The average Bonchev–Trinajstić information content (AvgIpc) is 2.79. The number of fused-ring (bicyclic) bond motifs is 1. The lowest BCUT2D eigenvalue weighted by atomic mass is 10.1. The van der Waals surface area contributed by atoms with Crippen LogP contribution in [-0.2, 0) is 4.79 Å². The van der Waals surface area contributed by atoms with Gasteiger partial charge in [0.15, 0.2) is 0 Å². The molecule has 0 spiro atoms. The molecule has 0 saturated heterocycles. The number of hydrogen-bond donors (Lipinski definition) is 2. The Hall–Kier alpha value is -2.30. The molecule has 0 radical (unpaired) electrons. The van der Waals surface area contributed by atoms with Crippen molar-refractivity contribution >= 4 is 22.8 Å². The zero-order valence-corrected chi connectivity index (χ0v) is 10.6. The molecule has 1 aromatic carbocycles. The molecule has 19 heavy (non-hydrogen) atoms. The van der Waals surface area contributed by atoms with Crippen molar-refractivity contribution in [2.24, 2.45) is 5.92 Å². The van der Waals surface area contributed by atoms with E-state index < -0.39 is 5.97 Å². The van der Waals surface area contributed by atoms with Gasteiger partial charge < -0.3 is 14.8 Å². The summed E-state index contributed by atoms with van der Waals surface area (Å²) in [5, 5.41) is 12.1. The molecule has 2 aromatic rings. The Bertz CT molecular complexity index is 602. The van der Waals surface area contributed by atoms with Crippen LogP contribution in [0.2, 0.25) is 0 Å². The number of rotatable bonds is 5. The molecule has 5 heteroatoms. The summed E-state index contributed by atoms with van der Waals surface area (Å²) >= 11 is 0. The molecule has 1 heterocycles. The fourth-order valence-electron chi connectivity index (χ4n) is 1.89. The molecule has 2 rings (SSSR count). The van der Waals surface area contributed by atoms with Crippen LogP contribution >= 0.6 is 0 Å². The summed E-state index contributed by atoms with van der Waals surface area (Å²) in [6, 6.07) is 7.28. The van der Waals surface area contributed by atoms with Crippen molar-refractivity contribution in [3.05, 3.63) is 36.1 Å². The summed E-state index contributed by atoms with van der Waals surface area (Å²) in [5.74, 6) is -1.22. The molecule has 0 saturated carbocycles. The lowest BCUT2D eigenvalue weighted by Gasteiger charge is -2.09. The minimum atomic E-state index is -0.865. The Morgan fingerprint density at radius 3 is 2.84 bits per heavy atom. The van der Waals surface area contributed by atoms with Crippen LogP contribution in [0, 0.1) is 5.92 Å². The summed E-state index contributed by atoms with van der Waals surface area (Å²) in [7, 11) is 0. The van der Waals surface area contributed by atoms with Gasteiger partial charge in [-0.25, -0.2) is 0 Å². The molecule has 0 aliphatic rings. The van der Waals surface area contributed by atoms with E-state index in [0.717, 1.165) is 5.39 Å². The van der Waals surface area contributed by atoms with Crippen molar-refractivity contribution < 1.29 is 19.1 Å². The lowest BCUT2D eigenvalue weighted by molar-refractivity contribution is -0.137. The molecule has 1 atom stereocenters. The number of carboxylic acids is 1. The molecular formula is C14H15NO4. The number of amides is 1. The maximum Gasteiger partial charge on any atom is 0.303 e. The van der Waals surface area contributed by atoms with Crippen LogP contribution < -0.4 is 5.32 Å². The molecule has 2 N–H and O–H groups in total. The molecule has 0 fully saturated rings. The van der Waals surface area contributed by atoms with E-state index in [1.54, 1.807) is 13.0 Å². The highest BCUT2D eigenvalue weighted by Gasteiger charge is 2.14. The van der Waals surface area contributed by atoms with E-state index in [0.29, 0.717) is 17.7 Å². The third kappa shape index (κ3) is 3.13. The minimum absolute atomic E-state index is 0.0341. The van der Waals surface area contributed by atoms with E-state index in [-0.39, 0.29) is 18.2 Å². The van der Waals surface area contributed by atoms with Crippen LogP contribution in [0.3, 0.4) is 0 Å². The number of nitrogens with one attached hydrogen (secondary N) is 1. The van der Waals surface area contributed by atoms with Gasteiger partial charge in [0.1, 0.15) is 11.8 Å². The van der Waals surface area contributed by atoms with Crippen molar-refractivity contribution in [3.8, 4) is 0 Å². The van der Waals surface area contributed by atoms with E-state index in [4.69, 9.17) is 9.52 Å². The number of para-hydroxylation sites is 1. The predicted molar refractivity (Wildman–Crippen MR) is 70.0 cm³/mol. The van der Waals surface area contributed by atoms with Crippen molar-refractivity contribution in [2.45, 2.75) is 13.3 Å². The summed E-state index contributed by atoms with van der Waals surface area (Å²) in [5.41, 5.74) is 1.13. The predicted octanol–water partition coefficient (Wildman–Crippen LogP) is 2.27. The summed E-state index contributed by atoms with van der Waals surface area (Å²) in [6.07, 6.45) is 1.45. The zero-order valence-electron chi connectivity index (χ0n) is 10.6. The van der Waals surface area contributed by atoms with Gasteiger partial charge >= 0.3 is 5.97 Å². The second-order valence-corrected chi connectivity index (χ2v) is 4.56. The molecule has 1 amide bonds. The van der Waals surface area contributed by atoms with Crippen molar-refractivity contribution in [2.75, 3.05) is 6.54 Å². The van der Waals surface area contributed by atoms with Gasteiger partial charge in [-0.05, 0) is 12.0 Å². The molecular weight excluding hydrogens is 246 g/mol. The second-order valence-electron chi connectivity index (χ2n) is 4.56. The fraction of sp³-hybridized carbons (Fsp3) is 0.286. The topological polar surface area (TPSA) is 79.5 Å². The highest BCUT2D eigenvalue weighted by molar-refractivity contribution is 6.05. The molecule has 1 unspecified atom stereocenters. The van der Waals surface area contributed by atoms with E-state index in [1.807, 2.05) is 18.2 Å². The maximum atomic E-state index is 12.0. The SMILES string of the molecule is CC(CNC(=O)c1coc2ccccc12)CC(=O)O. The molecule has 0 bridgehead atoms. The Morgan fingerprint density at radius 2 is 2.11 bits per heavy atom. The average molecular weight is 261 g/mol. The van der Waals surface area contributed by atoms with Gasteiger partial charge in [0.2, 0.25) is 0 Å². The van der Waals surface area contributed by atoms with Crippen LogP contribution in [0.1, 0.15) is 23.7 Å². The van der Waals surface area contributed by atoms with Crippen molar-refractivity contribution in [3.63, 3.8) is 0 Å². The number of carboxylic acid groups (broad SMARTS) is 1. The molecule has 0 aliphatic heterocycles. The highest BCUT2D eigenvalue weighted by Crippen LogP contribution is 2.20. The van der Waals surface area contributed by atoms with Crippen molar-refractivity contribution in [1.29, 1.82) is 0 Å². The number of hydrogen-bond acceptors (Lipinski definition) is 3. The van der Waals surface area contributed by atoms with Gasteiger partial charge in [-0.2, -0.15) is 0 Å². The van der Waals surface area contributed by atoms with Crippen LogP contribution in [0.4, 0.5) is 0 Å². The largest absolute Gasteiger partial charge is 0.481 e. The number of furan rings is 1. The van der Waals surface area contributed by atoms with E-state index in [2.05, 4.69) is 5.32 Å². The van der Waals surface area contributed by atoms with Gasteiger partial charge in [-0.1, -0.05) is 25.1 Å². The van der Waals surface area contributed by atoms with E-state index in [9.17, 15) is 9.59 Å². The summed E-state index contributed by atoms with van der Waals surface area (Å²) in [6.45, 7) is 2.10.